The van der Waals surface area contributed by atoms with E-state index in [-0.39, 0.29) is 24.2 Å². The van der Waals surface area contributed by atoms with Crippen LogP contribution in [0, 0.1) is 5.92 Å². The SMILES string of the molecule is Cl.O=C(Nc1ccc(OCCNC2CC2)cc1)C1CCOCC1. The van der Waals surface area contributed by atoms with Crippen LogP contribution >= 0.6 is 12.4 Å². The molecule has 1 aliphatic carbocycles. The van der Waals surface area contributed by atoms with E-state index in [9.17, 15) is 4.79 Å². The van der Waals surface area contributed by atoms with E-state index in [0.29, 0.717) is 25.9 Å². The number of nitrogens with one attached hydrogen (secondary N) is 2. The Morgan fingerprint density at radius 2 is 1.83 bits per heavy atom. The molecule has 0 unspecified atom stereocenters. The third-order valence-electron chi connectivity index (χ3n) is 4.10. The first kappa shape index (κ1) is 18.0. The lowest BCUT2D eigenvalue weighted by atomic mass is 9.99. The Morgan fingerprint density at radius 3 is 2.48 bits per heavy atom. The Labute approximate surface area is 143 Å². The molecule has 1 aromatic carbocycles. The minimum absolute atomic E-state index is 0. The van der Waals surface area contributed by atoms with Gasteiger partial charge in [0.1, 0.15) is 12.4 Å². The third-order valence-corrected chi connectivity index (χ3v) is 4.10. The number of hydrogen-bond acceptors (Lipinski definition) is 4. The molecule has 2 N–H and O–H groups in total. The Balaban J connectivity index is 0.00000192. The van der Waals surface area contributed by atoms with Crippen LogP contribution in [-0.2, 0) is 9.53 Å². The van der Waals surface area contributed by atoms with Crippen molar-refractivity contribution in [2.24, 2.45) is 5.92 Å². The summed E-state index contributed by atoms with van der Waals surface area (Å²) in [6, 6.07) is 8.29. The van der Waals surface area contributed by atoms with Gasteiger partial charge in [0.15, 0.2) is 0 Å². The fourth-order valence-corrected chi connectivity index (χ4v) is 2.56. The van der Waals surface area contributed by atoms with Gasteiger partial charge in [0.25, 0.3) is 0 Å². The summed E-state index contributed by atoms with van der Waals surface area (Å²) in [5.74, 6) is 0.991. The average Bonchev–Trinajstić information content (AvgIpc) is 3.38. The van der Waals surface area contributed by atoms with Crippen molar-refractivity contribution in [3.05, 3.63) is 24.3 Å². The molecule has 1 saturated carbocycles. The lowest BCUT2D eigenvalue weighted by Crippen LogP contribution is -2.28. The molecule has 23 heavy (non-hydrogen) atoms. The molecule has 1 amide bonds. The molecule has 1 aromatic rings. The van der Waals surface area contributed by atoms with Crippen molar-refractivity contribution in [2.75, 3.05) is 31.7 Å². The first-order valence-corrected chi connectivity index (χ1v) is 8.16. The fraction of sp³-hybridized carbons (Fsp3) is 0.588. The molecule has 0 atom stereocenters. The maximum atomic E-state index is 12.1. The molecule has 0 spiro atoms. The number of ether oxygens (including phenoxy) is 2. The molecular weight excluding hydrogens is 316 g/mol. The van der Waals surface area contributed by atoms with Gasteiger partial charge in [0, 0.05) is 37.4 Å². The van der Waals surface area contributed by atoms with Crippen LogP contribution in [0.15, 0.2) is 24.3 Å². The van der Waals surface area contributed by atoms with Crippen molar-refractivity contribution < 1.29 is 14.3 Å². The molecule has 5 nitrogen and oxygen atoms in total. The molecule has 128 valence electrons. The maximum Gasteiger partial charge on any atom is 0.227 e. The molecule has 1 saturated heterocycles. The van der Waals surface area contributed by atoms with E-state index in [1.807, 2.05) is 24.3 Å². The normalized spacial score (nSPS) is 18.1. The van der Waals surface area contributed by atoms with E-state index in [4.69, 9.17) is 9.47 Å². The first-order valence-electron chi connectivity index (χ1n) is 8.16. The van der Waals surface area contributed by atoms with E-state index < -0.39 is 0 Å². The van der Waals surface area contributed by atoms with Gasteiger partial charge in [-0.3, -0.25) is 4.79 Å². The number of anilines is 1. The van der Waals surface area contributed by atoms with Crippen LogP contribution in [0.3, 0.4) is 0 Å². The largest absolute Gasteiger partial charge is 0.492 e. The number of carbonyl (C=O) groups is 1. The Hall–Kier alpha value is -1.30. The number of halogens is 1. The fourth-order valence-electron chi connectivity index (χ4n) is 2.56. The van der Waals surface area contributed by atoms with Crippen molar-refractivity contribution in [3.63, 3.8) is 0 Å². The summed E-state index contributed by atoms with van der Waals surface area (Å²) in [7, 11) is 0. The van der Waals surface area contributed by atoms with Crippen LogP contribution in [-0.4, -0.2) is 38.3 Å². The number of hydrogen-bond donors (Lipinski definition) is 2. The minimum Gasteiger partial charge on any atom is -0.492 e. The van der Waals surface area contributed by atoms with E-state index in [1.54, 1.807) is 0 Å². The van der Waals surface area contributed by atoms with Gasteiger partial charge in [-0.05, 0) is 49.9 Å². The monoisotopic (exact) mass is 340 g/mol. The molecule has 1 aliphatic heterocycles. The summed E-state index contributed by atoms with van der Waals surface area (Å²) in [6.07, 6.45) is 4.20. The molecule has 3 rings (SSSR count). The number of carbonyl (C=O) groups excluding carboxylic acids is 1. The second-order valence-electron chi connectivity index (χ2n) is 5.98. The Morgan fingerprint density at radius 1 is 1.13 bits per heavy atom. The highest BCUT2D eigenvalue weighted by molar-refractivity contribution is 5.92. The molecule has 2 aliphatic rings. The summed E-state index contributed by atoms with van der Waals surface area (Å²) in [6.45, 7) is 2.91. The topological polar surface area (TPSA) is 59.6 Å². The van der Waals surface area contributed by atoms with Crippen LogP contribution in [0.5, 0.6) is 5.75 Å². The van der Waals surface area contributed by atoms with E-state index in [0.717, 1.165) is 30.8 Å². The summed E-state index contributed by atoms with van der Waals surface area (Å²) < 4.78 is 10.9. The van der Waals surface area contributed by atoms with Gasteiger partial charge < -0.3 is 20.1 Å². The first-order chi connectivity index (χ1) is 10.8. The van der Waals surface area contributed by atoms with Crippen LogP contribution in [0.1, 0.15) is 25.7 Å². The highest BCUT2D eigenvalue weighted by atomic mass is 35.5. The van der Waals surface area contributed by atoms with Crippen LogP contribution in [0.2, 0.25) is 0 Å². The zero-order valence-electron chi connectivity index (χ0n) is 13.3. The molecule has 0 aromatic heterocycles. The van der Waals surface area contributed by atoms with Gasteiger partial charge in [-0.15, -0.1) is 12.4 Å². The number of amides is 1. The van der Waals surface area contributed by atoms with Crippen molar-refractivity contribution in [1.29, 1.82) is 0 Å². The van der Waals surface area contributed by atoms with Gasteiger partial charge >= 0.3 is 0 Å². The van der Waals surface area contributed by atoms with Crippen molar-refractivity contribution in [2.45, 2.75) is 31.7 Å². The Bertz CT molecular complexity index is 485. The molecule has 1 heterocycles. The number of rotatable bonds is 7. The van der Waals surface area contributed by atoms with Crippen molar-refractivity contribution >= 4 is 24.0 Å². The Kier molecular flexibility index (Phi) is 7.15. The highest BCUT2D eigenvalue weighted by Crippen LogP contribution is 2.20. The quantitative estimate of drug-likeness (QED) is 0.749. The lowest BCUT2D eigenvalue weighted by Gasteiger charge is -2.21. The molecule has 6 heteroatoms. The van der Waals surface area contributed by atoms with Crippen molar-refractivity contribution in [3.8, 4) is 5.75 Å². The number of benzene rings is 1. The maximum absolute atomic E-state index is 12.1. The van der Waals surface area contributed by atoms with Gasteiger partial charge in [-0.2, -0.15) is 0 Å². The second-order valence-corrected chi connectivity index (χ2v) is 5.98. The molecular formula is C17H25ClN2O3. The van der Waals surface area contributed by atoms with Gasteiger partial charge in [0.05, 0.1) is 0 Å². The lowest BCUT2D eigenvalue weighted by molar-refractivity contribution is -0.122. The van der Waals surface area contributed by atoms with E-state index in [1.165, 1.54) is 12.8 Å². The predicted octanol–water partition coefficient (Wildman–Crippen LogP) is 2.60. The highest BCUT2D eigenvalue weighted by Gasteiger charge is 2.21. The van der Waals surface area contributed by atoms with Crippen molar-refractivity contribution in [1.82, 2.24) is 5.32 Å². The van der Waals surface area contributed by atoms with Crippen LogP contribution < -0.4 is 15.4 Å². The zero-order valence-corrected chi connectivity index (χ0v) is 14.1. The predicted molar refractivity (Wildman–Crippen MR) is 92.4 cm³/mol. The van der Waals surface area contributed by atoms with Gasteiger partial charge in [0.2, 0.25) is 5.91 Å². The standard InChI is InChI=1S/C17H24N2O3.ClH/c20-17(13-7-10-21-11-8-13)19-15-3-5-16(6-4-15)22-12-9-18-14-1-2-14;/h3-6,13-14,18H,1-2,7-12H2,(H,19,20);1H. The molecule has 2 fully saturated rings. The average molecular weight is 341 g/mol. The molecule has 0 bridgehead atoms. The molecule has 0 radical (unpaired) electrons. The van der Waals surface area contributed by atoms with E-state index >= 15 is 0 Å². The van der Waals surface area contributed by atoms with Gasteiger partial charge in [-0.1, -0.05) is 0 Å². The zero-order chi connectivity index (χ0) is 15.2. The van der Waals surface area contributed by atoms with Crippen LogP contribution in [0.25, 0.3) is 0 Å². The van der Waals surface area contributed by atoms with Crippen LogP contribution in [0.4, 0.5) is 5.69 Å². The van der Waals surface area contributed by atoms with Gasteiger partial charge in [-0.25, -0.2) is 0 Å². The summed E-state index contributed by atoms with van der Waals surface area (Å²) in [5.41, 5.74) is 0.819. The third kappa shape index (κ3) is 6.01. The second kappa shape index (κ2) is 9.11. The summed E-state index contributed by atoms with van der Waals surface area (Å²) in [5, 5.41) is 6.38. The van der Waals surface area contributed by atoms with E-state index in [2.05, 4.69) is 10.6 Å². The minimum atomic E-state index is 0. The summed E-state index contributed by atoms with van der Waals surface area (Å²) >= 11 is 0. The smallest absolute Gasteiger partial charge is 0.227 e. The summed E-state index contributed by atoms with van der Waals surface area (Å²) in [4.78, 5) is 12.1.